The van der Waals surface area contributed by atoms with Crippen LogP contribution in [0.3, 0.4) is 0 Å². The minimum absolute atomic E-state index is 0.291. The number of esters is 1. The highest BCUT2D eigenvalue weighted by atomic mass is 16.6. The predicted octanol–water partition coefficient (Wildman–Crippen LogP) is 0.498. The third-order valence-corrected chi connectivity index (χ3v) is 3.05. The van der Waals surface area contributed by atoms with Gasteiger partial charge in [0, 0.05) is 32.0 Å². The lowest BCUT2D eigenvalue weighted by Crippen LogP contribution is -2.47. The number of morpholine rings is 1. The number of carbonyl (C=O) groups is 1. The van der Waals surface area contributed by atoms with E-state index in [1.165, 1.54) is 12.7 Å². The van der Waals surface area contributed by atoms with Crippen molar-refractivity contribution in [3.63, 3.8) is 0 Å². The maximum atomic E-state index is 11.4. The number of hydrogen-bond acceptors (Lipinski definition) is 5. The third kappa shape index (κ3) is 3.51. The number of ether oxygens (including phenoxy) is 2. The molecule has 0 aliphatic carbocycles. The summed E-state index contributed by atoms with van der Waals surface area (Å²) in [7, 11) is 1.39. The van der Waals surface area contributed by atoms with Crippen LogP contribution in [0.1, 0.15) is 5.56 Å². The van der Waals surface area contributed by atoms with Crippen molar-refractivity contribution in [3.8, 4) is 0 Å². The van der Waals surface area contributed by atoms with Crippen LogP contribution in [0.2, 0.25) is 0 Å². The van der Waals surface area contributed by atoms with Crippen molar-refractivity contribution in [1.82, 2.24) is 9.88 Å². The predicted molar refractivity (Wildman–Crippen MR) is 66.1 cm³/mol. The van der Waals surface area contributed by atoms with E-state index in [1.54, 1.807) is 6.20 Å². The van der Waals surface area contributed by atoms with E-state index in [4.69, 9.17) is 9.47 Å². The standard InChI is InChI=1S/C13H18N2O3/c1-17-13(16)12-10-15(7-8-18-12)6-4-11-3-2-5-14-9-11/h2-3,5,9,12H,4,6-8,10H2,1H3. The van der Waals surface area contributed by atoms with Crippen LogP contribution in [-0.4, -0.2) is 55.3 Å². The molecule has 1 aromatic rings. The van der Waals surface area contributed by atoms with E-state index in [2.05, 4.69) is 16.0 Å². The van der Waals surface area contributed by atoms with Gasteiger partial charge in [-0.05, 0) is 18.1 Å². The van der Waals surface area contributed by atoms with Crippen LogP contribution in [0, 0.1) is 0 Å². The average Bonchev–Trinajstić information content (AvgIpc) is 2.45. The van der Waals surface area contributed by atoms with Crippen LogP contribution in [0.4, 0.5) is 0 Å². The lowest BCUT2D eigenvalue weighted by molar-refractivity contribution is -0.159. The van der Waals surface area contributed by atoms with E-state index in [0.717, 1.165) is 19.5 Å². The van der Waals surface area contributed by atoms with Crippen molar-refractivity contribution in [1.29, 1.82) is 0 Å². The van der Waals surface area contributed by atoms with Gasteiger partial charge in [-0.1, -0.05) is 6.07 Å². The second kappa shape index (κ2) is 6.47. The van der Waals surface area contributed by atoms with Gasteiger partial charge in [-0.2, -0.15) is 0 Å². The fourth-order valence-electron chi connectivity index (χ4n) is 2.01. The van der Waals surface area contributed by atoms with Gasteiger partial charge >= 0.3 is 5.97 Å². The Bertz CT molecular complexity index is 383. The molecule has 1 aliphatic rings. The van der Waals surface area contributed by atoms with Crippen molar-refractivity contribution in [2.24, 2.45) is 0 Å². The summed E-state index contributed by atoms with van der Waals surface area (Å²) in [6.45, 7) is 2.94. The first-order valence-electron chi connectivity index (χ1n) is 6.10. The topological polar surface area (TPSA) is 51.7 Å². The minimum atomic E-state index is -0.447. The first kappa shape index (κ1) is 13.0. The first-order valence-corrected chi connectivity index (χ1v) is 6.10. The molecule has 0 radical (unpaired) electrons. The molecule has 1 aromatic heterocycles. The summed E-state index contributed by atoms with van der Waals surface area (Å²) in [4.78, 5) is 17.7. The van der Waals surface area contributed by atoms with Crippen molar-refractivity contribution in [2.45, 2.75) is 12.5 Å². The summed E-state index contributed by atoms with van der Waals surface area (Å²) in [6, 6.07) is 4.00. The van der Waals surface area contributed by atoms with Crippen LogP contribution in [0.5, 0.6) is 0 Å². The van der Waals surface area contributed by atoms with Gasteiger partial charge in [0.25, 0.3) is 0 Å². The maximum Gasteiger partial charge on any atom is 0.336 e. The zero-order chi connectivity index (χ0) is 12.8. The van der Waals surface area contributed by atoms with Crippen LogP contribution < -0.4 is 0 Å². The van der Waals surface area contributed by atoms with E-state index < -0.39 is 6.10 Å². The second-order valence-corrected chi connectivity index (χ2v) is 4.29. The van der Waals surface area contributed by atoms with Gasteiger partial charge in [0.05, 0.1) is 13.7 Å². The van der Waals surface area contributed by atoms with Gasteiger partial charge in [0.1, 0.15) is 0 Å². The normalized spacial score (nSPS) is 20.6. The van der Waals surface area contributed by atoms with Crippen LogP contribution in [-0.2, 0) is 20.7 Å². The Balaban J connectivity index is 1.81. The van der Waals surface area contributed by atoms with Crippen molar-refractivity contribution >= 4 is 5.97 Å². The monoisotopic (exact) mass is 250 g/mol. The molecule has 2 rings (SSSR count). The number of nitrogens with zero attached hydrogens (tertiary/aromatic N) is 2. The molecular weight excluding hydrogens is 232 g/mol. The van der Waals surface area contributed by atoms with E-state index in [0.29, 0.717) is 13.2 Å². The highest BCUT2D eigenvalue weighted by Crippen LogP contribution is 2.08. The molecule has 1 aliphatic heterocycles. The molecule has 98 valence electrons. The average molecular weight is 250 g/mol. The number of methoxy groups -OCH3 is 1. The molecule has 1 fully saturated rings. The SMILES string of the molecule is COC(=O)C1CN(CCc2cccnc2)CCO1. The van der Waals surface area contributed by atoms with Gasteiger partial charge in [-0.25, -0.2) is 4.79 Å². The highest BCUT2D eigenvalue weighted by Gasteiger charge is 2.26. The second-order valence-electron chi connectivity index (χ2n) is 4.29. The quantitative estimate of drug-likeness (QED) is 0.728. The Morgan fingerprint density at radius 3 is 3.28 bits per heavy atom. The molecule has 0 saturated carbocycles. The maximum absolute atomic E-state index is 11.4. The van der Waals surface area contributed by atoms with Crippen LogP contribution in [0.15, 0.2) is 24.5 Å². The Hall–Kier alpha value is -1.46. The summed E-state index contributed by atoms with van der Waals surface area (Å²) >= 11 is 0. The first-order chi connectivity index (χ1) is 8.79. The number of rotatable bonds is 4. The molecule has 0 spiro atoms. The molecule has 5 nitrogen and oxygen atoms in total. The fraction of sp³-hybridized carbons (Fsp3) is 0.538. The molecule has 0 amide bonds. The number of aromatic nitrogens is 1. The van der Waals surface area contributed by atoms with Crippen LogP contribution >= 0.6 is 0 Å². The van der Waals surface area contributed by atoms with Crippen molar-refractivity contribution in [3.05, 3.63) is 30.1 Å². The molecule has 2 heterocycles. The third-order valence-electron chi connectivity index (χ3n) is 3.05. The lowest BCUT2D eigenvalue weighted by atomic mass is 10.2. The van der Waals surface area contributed by atoms with Crippen LogP contribution in [0.25, 0.3) is 0 Å². The molecule has 0 aromatic carbocycles. The molecule has 1 unspecified atom stereocenters. The Kier molecular flexibility index (Phi) is 4.66. The molecule has 5 heteroatoms. The van der Waals surface area contributed by atoms with Crippen molar-refractivity contribution < 1.29 is 14.3 Å². The summed E-state index contributed by atoms with van der Waals surface area (Å²) < 4.78 is 10.1. The van der Waals surface area contributed by atoms with E-state index in [9.17, 15) is 4.79 Å². The van der Waals surface area contributed by atoms with Gasteiger partial charge in [0.2, 0.25) is 0 Å². The molecular formula is C13H18N2O3. The Morgan fingerprint density at radius 1 is 1.67 bits per heavy atom. The van der Waals surface area contributed by atoms with Crippen molar-refractivity contribution in [2.75, 3.05) is 33.4 Å². The van der Waals surface area contributed by atoms with E-state index in [-0.39, 0.29) is 5.97 Å². The number of hydrogen-bond donors (Lipinski definition) is 0. The van der Waals surface area contributed by atoms with E-state index >= 15 is 0 Å². The zero-order valence-electron chi connectivity index (χ0n) is 10.5. The molecule has 0 bridgehead atoms. The minimum Gasteiger partial charge on any atom is -0.467 e. The Morgan fingerprint density at radius 2 is 2.56 bits per heavy atom. The summed E-state index contributed by atoms with van der Waals surface area (Å²) in [5.41, 5.74) is 1.21. The van der Waals surface area contributed by atoms with E-state index in [1.807, 2.05) is 12.3 Å². The Labute approximate surface area is 107 Å². The van der Waals surface area contributed by atoms with Gasteiger partial charge in [-0.15, -0.1) is 0 Å². The fourth-order valence-corrected chi connectivity index (χ4v) is 2.01. The van der Waals surface area contributed by atoms with Gasteiger partial charge in [-0.3, -0.25) is 9.88 Å². The summed E-state index contributed by atoms with van der Waals surface area (Å²) in [5.74, 6) is -0.291. The smallest absolute Gasteiger partial charge is 0.336 e. The van der Waals surface area contributed by atoms with Gasteiger partial charge in [0.15, 0.2) is 6.10 Å². The number of pyridine rings is 1. The number of carbonyl (C=O) groups excluding carboxylic acids is 1. The molecule has 1 atom stereocenters. The lowest BCUT2D eigenvalue weighted by Gasteiger charge is -2.31. The van der Waals surface area contributed by atoms with Gasteiger partial charge < -0.3 is 9.47 Å². The molecule has 0 N–H and O–H groups in total. The zero-order valence-corrected chi connectivity index (χ0v) is 10.5. The molecule has 1 saturated heterocycles. The summed E-state index contributed by atoms with van der Waals surface area (Å²) in [6.07, 6.45) is 4.13. The summed E-state index contributed by atoms with van der Waals surface area (Å²) in [5, 5.41) is 0. The molecule has 18 heavy (non-hydrogen) atoms. The largest absolute Gasteiger partial charge is 0.467 e. The highest BCUT2D eigenvalue weighted by molar-refractivity contribution is 5.74.